The smallest absolute Gasteiger partial charge is 0.179 e. The molecule has 1 unspecified atom stereocenters. The fraction of sp³-hybridized carbons (Fsp3) is 0.444. The van der Waals surface area contributed by atoms with E-state index in [9.17, 15) is 0 Å². The van der Waals surface area contributed by atoms with Crippen LogP contribution >= 0.6 is 0 Å². The number of fused-ring (bicyclic) bond motifs is 1. The van der Waals surface area contributed by atoms with E-state index >= 15 is 0 Å². The van der Waals surface area contributed by atoms with Crippen molar-refractivity contribution >= 4 is 5.65 Å². The lowest BCUT2D eigenvalue weighted by Gasteiger charge is -2.07. The molecule has 0 spiro atoms. The second kappa shape index (κ2) is 3.02. The molecule has 0 radical (unpaired) electrons. The van der Waals surface area contributed by atoms with Crippen LogP contribution in [0.1, 0.15) is 18.0 Å². The highest BCUT2D eigenvalue weighted by Gasteiger charge is 2.20. The molecule has 2 aromatic heterocycles. The van der Waals surface area contributed by atoms with Gasteiger partial charge in [0.1, 0.15) is 0 Å². The molecule has 1 saturated heterocycles. The van der Waals surface area contributed by atoms with Crippen molar-refractivity contribution < 1.29 is 4.74 Å². The van der Waals surface area contributed by atoms with Crippen molar-refractivity contribution in [2.45, 2.75) is 12.3 Å². The molecule has 5 heteroatoms. The van der Waals surface area contributed by atoms with Crippen LogP contribution in [0.5, 0.6) is 0 Å². The standard InChI is InChI=1S/C9H10N4O/c1-2-8(7-4-5-14-6-7)13-9(3-1)10-11-12-13/h1-3,7H,4-6H2. The normalized spacial score (nSPS) is 21.9. The summed E-state index contributed by atoms with van der Waals surface area (Å²) >= 11 is 0. The molecule has 0 saturated carbocycles. The summed E-state index contributed by atoms with van der Waals surface area (Å²) in [5.74, 6) is 0.433. The Morgan fingerprint density at radius 2 is 2.43 bits per heavy atom. The maximum absolute atomic E-state index is 5.36. The van der Waals surface area contributed by atoms with Gasteiger partial charge >= 0.3 is 0 Å². The van der Waals surface area contributed by atoms with Crippen LogP contribution in [0.2, 0.25) is 0 Å². The predicted molar refractivity (Wildman–Crippen MR) is 49.0 cm³/mol. The Labute approximate surface area is 80.7 Å². The van der Waals surface area contributed by atoms with Crippen molar-refractivity contribution in [1.29, 1.82) is 0 Å². The first-order valence-electron chi connectivity index (χ1n) is 4.70. The minimum Gasteiger partial charge on any atom is -0.381 e. The Kier molecular flexibility index (Phi) is 1.70. The molecule has 1 atom stereocenters. The van der Waals surface area contributed by atoms with Crippen LogP contribution in [0.15, 0.2) is 18.2 Å². The Morgan fingerprint density at radius 1 is 1.43 bits per heavy atom. The molecule has 0 aromatic carbocycles. The molecule has 1 aliphatic rings. The minimum atomic E-state index is 0.433. The van der Waals surface area contributed by atoms with E-state index in [2.05, 4.69) is 21.6 Å². The zero-order chi connectivity index (χ0) is 9.38. The summed E-state index contributed by atoms with van der Waals surface area (Å²) in [5.41, 5.74) is 1.94. The molecule has 0 N–H and O–H groups in total. The van der Waals surface area contributed by atoms with Crippen LogP contribution in [-0.4, -0.2) is 33.3 Å². The number of pyridine rings is 1. The van der Waals surface area contributed by atoms with E-state index < -0.39 is 0 Å². The van der Waals surface area contributed by atoms with Gasteiger partial charge in [0, 0.05) is 12.5 Å². The molecule has 5 nitrogen and oxygen atoms in total. The first-order valence-corrected chi connectivity index (χ1v) is 4.70. The van der Waals surface area contributed by atoms with E-state index in [1.807, 2.05) is 12.1 Å². The monoisotopic (exact) mass is 190 g/mol. The highest BCUT2D eigenvalue weighted by molar-refractivity contribution is 5.37. The number of ether oxygens (including phenoxy) is 1. The van der Waals surface area contributed by atoms with Gasteiger partial charge in [-0.15, -0.1) is 5.10 Å². The zero-order valence-corrected chi connectivity index (χ0v) is 7.63. The van der Waals surface area contributed by atoms with E-state index in [-0.39, 0.29) is 0 Å². The maximum Gasteiger partial charge on any atom is 0.179 e. The van der Waals surface area contributed by atoms with Crippen LogP contribution < -0.4 is 0 Å². The van der Waals surface area contributed by atoms with Crippen molar-refractivity contribution in [3.8, 4) is 0 Å². The Balaban J connectivity index is 2.14. The van der Waals surface area contributed by atoms with Crippen molar-refractivity contribution in [3.05, 3.63) is 23.9 Å². The summed E-state index contributed by atoms with van der Waals surface area (Å²) in [5, 5.41) is 11.5. The molecular formula is C9H10N4O. The fourth-order valence-electron chi connectivity index (χ4n) is 1.86. The summed E-state index contributed by atoms with van der Waals surface area (Å²) in [6.07, 6.45) is 1.05. The Bertz CT molecular complexity index is 447. The molecule has 1 aliphatic heterocycles. The quantitative estimate of drug-likeness (QED) is 0.661. The first-order chi connectivity index (χ1) is 6.95. The molecule has 0 aliphatic carbocycles. The summed E-state index contributed by atoms with van der Waals surface area (Å²) < 4.78 is 7.15. The third-order valence-corrected chi connectivity index (χ3v) is 2.60. The zero-order valence-electron chi connectivity index (χ0n) is 7.63. The second-order valence-electron chi connectivity index (χ2n) is 3.46. The van der Waals surface area contributed by atoms with Crippen LogP contribution in [0.25, 0.3) is 5.65 Å². The van der Waals surface area contributed by atoms with E-state index in [1.165, 1.54) is 0 Å². The maximum atomic E-state index is 5.36. The van der Waals surface area contributed by atoms with Crippen molar-refractivity contribution in [2.24, 2.45) is 0 Å². The number of hydrogen-bond donors (Lipinski definition) is 0. The molecule has 14 heavy (non-hydrogen) atoms. The van der Waals surface area contributed by atoms with Gasteiger partial charge in [-0.3, -0.25) is 0 Å². The van der Waals surface area contributed by atoms with Crippen molar-refractivity contribution in [1.82, 2.24) is 20.0 Å². The molecule has 1 fully saturated rings. The Hall–Kier alpha value is -1.49. The summed E-state index contributed by atoms with van der Waals surface area (Å²) in [6.45, 7) is 1.61. The number of aromatic nitrogens is 4. The number of tetrazole rings is 1. The molecule has 0 amide bonds. The SMILES string of the molecule is c1cc(C2CCOC2)n2nnnc2c1. The van der Waals surface area contributed by atoms with Gasteiger partial charge < -0.3 is 4.74 Å². The fourth-order valence-corrected chi connectivity index (χ4v) is 1.86. The van der Waals surface area contributed by atoms with Crippen LogP contribution in [0.4, 0.5) is 0 Å². The third kappa shape index (κ3) is 1.09. The average molecular weight is 190 g/mol. The predicted octanol–water partition coefficient (Wildman–Crippen LogP) is 0.628. The summed E-state index contributed by atoms with van der Waals surface area (Å²) in [7, 11) is 0. The molecule has 72 valence electrons. The lowest BCUT2D eigenvalue weighted by Crippen LogP contribution is -2.05. The molecule has 3 rings (SSSR count). The number of hydrogen-bond acceptors (Lipinski definition) is 4. The minimum absolute atomic E-state index is 0.433. The first kappa shape index (κ1) is 7.87. The van der Waals surface area contributed by atoms with Crippen molar-refractivity contribution in [3.63, 3.8) is 0 Å². The summed E-state index contributed by atoms with van der Waals surface area (Å²) in [6, 6.07) is 5.95. The molecule has 0 bridgehead atoms. The third-order valence-electron chi connectivity index (χ3n) is 2.60. The van der Waals surface area contributed by atoms with E-state index in [4.69, 9.17) is 4.74 Å². The van der Waals surface area contributed by atoms with Gasteiger partial charge in [0.25, 0.3) is 0 Å². The van der Waals surface area contributed by atoms with Crippen molar-refractivity contribution in [2.75, 3.05) is 13.2 Å². The van der Waals surface area contributed by atoms with Gasteiger partial charge in [-0.1, -0.05) is 6.07 Å². The van der Waals surface area contributed by atoms with E-state index in [0.717, 1.165) is 31.0 Å². The lowest BCUT2D eigenvalue weighted by atomic mass is 10.0. The highest BCUT2D eigenvalue weighted by Crippen LogP contribution is 2.24. The van der Waals surface area contributed by atoms with Gasteiger partial charge in [0.05, 0.1) is 12.3 Å². The average Bonchev–Trinajstić information content (AvgIpc) is 2.88. The van der Waals surface area contributed by atoms with E-state index in [1.54, 1.807) is 4.52 Å². The molecule has 2 aromatic rings. The van der Waals surface area contributed by atoms with Gasteiger partial charge in [-0.05, 0) is 29.0 Å². The number of nitrogens with zero attached hydrogens (tertiary/aromatic N) is 4. The van der Waals surface area contributed by atoms with E-state index in [0.29, 0.717) is 5.92 Å². The van der Waals surface area contributed by atoms with Gasteiger partial charge in [-0.2, -0.15) is 4.52 Å². The largest absolute Gasteiger partial charge is 0.381 e. The highest BCUT2D eigenvalue weighted by atomic mass is 16.5. The van der Waals surface area contributed by atoms with Gasteiger partial charge in [-0.25, -0.2) is 0 Å². The van der Waals surface area contributed by atoms with Crippen LogP contribution in [0.3, 0.4) is 0 Å². The number of rotatable bonds is 1. The summed E-state index contributed by atoms with van der Waals surface area (Å²) in [4.78, 5) is 0. The van der Waals surface area contributed by atoms with Crippen LogP contribution in [0, 0.1) is 0 Å². The Morgan fingerprint density at radius 3 is 3.29 bits per heavy atom. The van der Waals surface area contributed by atoms with Gasteiger partial charge in [0.2, 0.25) is 0 Å². The second-order valence-corrected chi connectivity index (χ2v) is 3.46. The topological polar surface area (TPSA) is 52.3 Å². The molecular weight excluding hydrogens is 180 g/mol. The lowest BCUT2D eigenvalue weighted by molar-refractivity contribution is 0.193. The van der Waals surface area contributed by atoms with Crippen LogP contribution in [-0.2, 0) is 4.74 Å². The molecule has 3 heterocycles. The van der Waals surface area contributed by atoms with Gasteiger partial charge in [0.15, 0.2) is 5.65 Å².